The molecule has 1 unspecified atom stereocenters. The van der Waals surface area contributed by atoms with Gasteiger partial charge in [-0.3, -0.25) is 19.5 Å². The predicted molar refractivity (Wildman–Crippen MR) is 130 cm³/mol. The average Bonchev–Trinajstić information content (AvgIpc) is 3.13. The molecular formula is C26H21BrN2O5. The van der Waals surface area contributed by atoms with E-state index in [9.17, 15) is 19.5 Å². The Kier molecular flexibility index (Phi) is 6.88. The highest BCUT2D eigenvalue weighted by Gasteiger charge is 2.47. The van der Waals surface area contributed by atoms with Gasteiger partial charge < -0.3 is 9.84 Å². The lowest BCUT2D eigenvalue weighted by atomic mass is 9.98. The maximum atomic E-state index is 13.2. The van der Waals surface area contributed by atoms with Crippen molar-refractivity contribution in [1.82, 2.24) is 4.98 Å². The summed E-state index contributed by atoms with van der Waals surface area (Å²) in [6, 6.07) is 17.2. The fourth-order valence-electron chi connectivity index (χ4n) is 3.74. The minimum Gasteiger partial charge on any atom is -0.507 e. The van der Waals surface area contributed by atoms with Crippen LogP contribution in [0.25, 0.3) is 5.76 Å². The smallest absolute Gasteiger partial charge is 0.338 e. The summed E-state index contributed by atoms with van der Waals surface area (Å²) >= 11 is 3.35. The number of aliphatic hydroxyl groups excluding tert-OH is 1. The van der Waals surface area contributed by atoms with E-state index in [2.05, 4.69) is 20.9 Å². The molecular weight excluding hydrogens is 500 g/mol. The summed E-state index contributed by atoms with van der Waals surface area (Å²) in [5, 5.41) is 11.1. The van der Waals surface area contributed by atoms with E-state index in [0.717, 1.165) is 4.47 Å². The van der Waals surface area contributed by atoms with Gasteiger partial charge in [0.05, 0.1) is 23.4 Å². The molecule has 172 valence electrons. The molecule has 0 aliphatic carbocycles. The molecule has 1 atom stereocenters. The van der Waals surface area contributed by atoms with E-state index in [1.54, 1.807) is 66.9 Å². The van der Waals surface area contributed by atoms with Crippen molar-refractivity contribution in [3.63, 3.8) is 0 Å². The molecule has 1 amide bonds. The molecule has 1 N–H and O–H groups in total. The summed E-state index contributed by atoms with van der Waals surface area (Å²) in [7, 11) is 0. The molecule has 34 heavy (non-hydrogen) atoms. The highest BCUT2D eigenvalue weighted by atomic mass is 79.9. The zero-order valence-electron chi connectivity index (χ0n) is 18.3. The van der Waals surface area contributed by atoms with E-state index in [1.807, 2.05) is 6.92 Å². The molecule has 0 spiro atoms. The maximum absolute atomic E-state index is 13.2. The van der Waals surface area contributed by atoms with Crippen molar-refractivity contribution in [2.45, 2.75) is 19.4 Å². The first kappa shape index (κ1) is 23.4. The predicted octanol–water partition coefficient (Wildman–Crippen LogP) is 5.04. The van der Waals surface area contributed by atoms with Crippen molar-refractivity contribution in [2.75, 3.05) is 11.5 Å². The summed E-state index contributed by atoms with van der Waals surface area (Å²) in [6.07, 6.45) is 2.23. The van der Waals surface area contributed by atoms with Gasteiger partial charge in [-0.15, -0.1) is 0 Å². The largest absolute Gasteiger partial charge is 0.507 e. The number of aromatic nitrogens is 1. The third-order valence-electron chi connectivity index (χ3n) is 5.33. The van der Waals surface area contributed by atoms with Crippen LogP contribution in [0, 0.1) is 0 Å². The first-order valence-electron chi connectivity index (χ1n) is 10.7. The second-order valence-electron chi connectivity index (χ2n) is 7.62. The number of hydrogen-bond acceptors (Lipinski definition) is 6. The molecule has 1 aliphatic heterocycles. The second kappa shape index (κ2) is 10.0. The molecule has 8 heteroatoms. The van der Waals surface area contributed by atoms with Gasteiger partial charge in [0.15, 0.2) is 0 Å². The van der Waals surface area contributed by atoms with Gasteiger partial charge in [0, 0.05) is 21.9 Å². The Bertz CT molecular complexity index is 1270. The molecule has 0 saturated carbocycles. The van der Waals surface area contributed by atoms with Gasteiger partial charge in [-0.2, -0.15) is 0 Å². The Hall–Kier alpha value is -3.78. The molecule has 1 fully saturated rings. The van der Waals surface area contributed by atoms with Crippen LogP contribution in [0.15, 0.2) is 83.0 Å². The first-order chi connectivity index (χ1) is 16.4. The lowest BCUT2D eigenvalue weighted by molar-refractivity contribution is -0.132. The Morgan fingerprint density at radius 3 is 2.50 bits per heavy atom. The molecule has 3 aromatic rings. The fraction of sp³-hybridized carbons (Fsp3) is 0.154. The summed E-state index contributed by atoms with van der Waals surface area (Å²) in [5.41, 5.74) is 1.28. The van der Waals surface area contributed by atoms with Gasteiger partial charge in [0.1, 0.15) is 11.8 Å². The zero-order valence-corrected chi connectivity index (χ0v) is 19.9. The summed E-state index contributed by atoms with van der Waals surface area (Å²) < 4.78 is 6.01. The van der Waals surface area contributed by atoms with E-state index in [-0.39, 0.29) is 23.5 Å². The van der Waals surface area contributed by atoms with Crippen molar-refractivity contribution in [3.05, 3.63) is 99.8 Å². The lowest BCUT2D eigenvalue weighted by Gasteiger charge is -2.25. The fourth-order valence-corrected chi connectivity index (χ4v) is 4.00. The number of nitrogens with zero attached hydrogens (tertiary/aromatic N) is 2. The van der Waals surface area contributed by atoms with Crippen molar-refractivity contribution in [1.29, 1.82) is 0 Å². The van der Waals surface area contributed by atoms with Gasteiger partial charge >= 0.3 is 5.97 Å². The van der Waals surface area contributed by atoms with Crippen molar-refractivity contribution >= 4 is 45.0 Å². The number of Topliss-reactive ketones (excluding diaryl/α,β-unsaturated/α-hetero) is 1. The number of aliphatic hydroxyl groups is 1. The van der Waals surface area contributed by atoms with Gasteiger partial charge in [-0.25, -0.2) is 4.79 Å². The molecule has 1 aromatic heterocycles. The molecule has 7 nitrogen and oxygen atoms in total. The van der Waals surface area contributed by atoms with Crippen LogP contribution < -0.4 is 4.90 Å². The van der Waals surface area contributed by atoms with Crippen LogP contribution in [-0.2, 0) is 14.3 Å². The average molecular weight is 521 g/mol. The standard InChI is InChI=1S/C26H21BrN2O5/c1-2-14-34-26(33)17-6-5-7-19(15-17)29-22(20-8-3-4-13-28-20)21(24(31)25(29)32)23(30)16-9-11-18(27)12-10-16/h3-13,15,22,30H,2,14H2,1H3/b23-21+. The zero-order chi connectivity index (χ0) is 24.2. The minimum absolute atomic E-state index is 0.0787. The Morgan fingerprint density at radius 1 is 1.06 bits per heavy atom. The topological polar surface area (TPSA) is 96.8 Å². The van der Waals surface area contributed by atoms with Crippen LogP contribution in [0.1, 0.15) is 41.0 Å². The van der Waals surface area contributed by atoms with E-state index in [1.165, 1.54) is 11.0 Å². The van der Waals surface area contributed by atoms with Gasteiger partial charge in [-0.1, -0.05) is 47.1 Å². The van der Waals surface area contributed by atoms with Crippen LogP contribution >= 0.6 is 15.9 Å². The summed E-state index contributed by atoms with van der Waals surface area (Å²) in [5.74, 6) is -2.49. The number of carbonyl (C=O) groups is 3. The van der Waals surface area contributed by atoms with Crippen molar-refractivity contribution in [3.8, 4) is 0 Å². The Labute approximate surface area is 204 Å². The SMILES string of the molecule is CCCOC(=O)c1cccc(N2C(=O)C(=O)/C(=C(/O)c3ccc(Br)cc3)C2c2ccccn2)c1. The lowest BCUT2D eigenvalue weighted by Crippen LogP contribution is -2.30. The Balaban J connectivity index is 1.85. The number of pyridine rings is 1. The van der Waals surface area contributed by atoms with Gasteiger partial charge in [0.25, 0.3) is 11.7 Å². The quantitative estimate of drug-likeness (QED) is 0.211. The normalized spacial score (nSPS) is 17.1. The van der Waals surface area contributed by atoms with E-state index in [0.29, 0.717) is 23.4 Å². The molecule has 0 radical (unpaired) electrons. The third kappa shape index (κ3) is 4.49. The van der Waals surface area contributed by atoms with Crippen LogP contribution in [-0.4, -0.2) is 34.4 Å². The monoisotopic (exact) mass is 520 g/mol. The van der Waals surface area contributed by atoms with Crippen LogP contribution in [0.3, 0.4) is 0 Å². The first-order valence-corrected chi connectivity index (χ1v) is 11.5. The van der Waals surface area contributed by atoms with Crippen LogP contribution in [0.4, 0.5) is 5.69 Å². The Morgan fingerprint density at radius 2 is 1.82 bits per heavy atom. The summed E-state index contributed by atoms with van der Waals surface area (Å²) in [4.78, 5) is 44.4. The highest BCUT2D eigenvalue weighted by molar-refractivity contribution is 9.10. The minimum atomic E-state index is -0.980. The highest BCUT2D eigenvalue weighted by Crippen LogP contribution is 2.41. The number of ether oxygens (including phenoxy) is 1. The second-order valence-corrected chi connectivity index (χ2v) is 8.53. The van der Waals surface area contributed by atoms with Crippen LogP contribution in [0.2, 0.25) is 0 Å². The number of amides is 1. The number of esters is 1. The van der Waals surface area contributed by atoms with Gasteiger partial charge in [0.2, 0.25) is 0 Å². The van der Waals surface area contributed by atoms with Gasteiger partial charge in [-0.05, 0) is 48.9 Å². The molecule has 4 rings (SSSR count). The number of anilines is 1. The molecule has 2 aromatic carbocycles. The third-order valence-corrected chi connectivity index (χ3v) is 5.86. The number of halogens is 1. The van der Waals surface area contributed by atoms with E-state index in [4.69, 9.17) is 4.74 Å². The number of benzene rings is 2. The summed E-state index contributed by atoms with van der Waals surface area (Å²) in [6.45, 7) is 2.16. The number of carbonyl (C=O) groups excluding carboxylic acids is 3. The number of ketones is 1. The van der Waals surface area contributed by atoms with E-state index < -0.39 is 23.7 Å². The molecule has 1 aliphatic rings. The number of rotatable bonds is 6. The van der Waals surface area contributed by atoms with Crippen molar-refractivity contribution in [2.24, 2.45) is 0 Å². The molecule has 2 heterocycles. The molecule has 1 saturated heterocycles. The maximum Gasteiger partial charge on any atom is 0.338 e. The molecule has 0 bridgehead atoms. The number of hydrogen-bond donors (Lipinski definition) is 1. The van der Waals surface area contributed by atoms with Crippen LogP contribution in [0.5, 0.6) is 0 Å². The van der Waals surface area contributed by atoms with Crippen molar-refractivity contribution < 1.29 is 24.2 Å². The van der Waals surface area contributed by atoms with E-state index >= 15 is 0 Å².